The first-order chi connectivity index (χ1) is 20.1. The van der Waals surface area contributed by atoms with Gasteiger partial charge in [0.2, 0.25) is 0 Å². The molecular weight excluding hydrogens is 514 g/mol. The van der Waals surface area contributed by atoms with Crippen LogP contribution in [0.2, 0.25) is 0 Å². The Hall–Kier alpha value is -4.44. The molecule has 0 aliphatic heterocycles. The van der Waals surface area contributed by atoms with Crippen LogP contribution in [0.15, 0.2) is 89.5 Å². The highest BCUT2D eigenvalue weighted by Crippen LogP contribution is 2.42. The number of hydrogen-bond donors (Lipinski definition) is 0. The number of nitrogens with zero attached hydrogens (tertiary/aromatic N) is 3. The molecule has 0 unspecified atom stereocenters. The van der Waals surface area contributed by atoms with E-state index in [0.29, 0.717) is 11.8 Å². The highest BCUT2D eigenvalue weighted by atomic mass is 16.3. The highest BCUT2D eigenvalue weighted by Gasteiger charge is 2.28. The third-order valence-electron chi connectivity index (χ3n) is 8.46. The number of aromatic nitrogens is 3. The number of para-hydroxylation sites is 2. The number of pyridine rings is 1. The summed E-state index contributed by atoms with van der Waals surface area (Å²) in [5.74, 6) is 1.55. The summed E-state index contributed by atoms with van der Waals surface area (Å²) < 4.78 is 9.10. The summed E-state index contributed by atoms with van der Waals surface area (Å²) in [6.45, 7) is 15.7. The maximum absolute atomic E-state index is 6.72. The summed E-state index contributed by atoms with van der Waals surface area (Å²) in [6, 6.07) is 28.2. The summed E-state index contributed by atoms with van der Waals surface area (Å²) in [5, 5.41) is 4.60. The van der Waals surface area contributed by atoms with Gasteiger partial charge in [-0.2, -0.15) is 0 Å². The maximum atomic E-state index is 6.72. The molecule has 3 heterocycles. The van der Waals surface area contributed by atoms with Crippen molar-refractivity contribution in [3.05, 3.63) is 102 Å². The number of hydrogen-bond acceptors (Lipinski definition) is 3. The Kier molecular flexibility index (Phi) is 6.02. The SMILES string of the molecule is CC(C)c1cccc(C(C)C)c1-n1c(-c2cccc3c2oc2cc4ccccc4cc23)nc2c(C(C)(C)C)nccc21. The minimum Gasteiger partial charge on any atom is -0.455 e. The highest BCUT2D eigenvalue weighted by molar-refractivity contribution is 6.13. The van der Waals surface area contributed by atoms with Crippen molar-refractivity contribution in [2.24, 2.45) is 0 Å². The van der Waals surface area contributed by atoms with Gasteiger partial charge in [0.1, 0.15) is 22.5 Å². The van der Waals surface area contributed by atoms with Crippen LogP contribution in [0.3, 0.4) is 0 Å². The van der Waals surface area contributed by atoms with Gasteiger partial charge in [-0.25, -0.2) is 4.98 Å². The van der Waals surface area contributed by atoms with E-state index >= 15 is 0 Å². The molecular formula is C38H37N3O. The van der Waals surface area contributed by atoms with Crippen LogP contribution in [0.1, 0.15) is 77.1 Å². The quantitative estimate of drug-likeness (QED) is 0.218. The molecule has 0 saturated carbocycles. The van der Waals surface area contributed by atoms with Gasteiger partial charge in [-0.15, -0.1) is 0 Å². The zero-order chi connectivity index (χ0) is 29.3. The number of benzene rings is 4. The summed E-state index contributed by atoms with van der Waals surface area (Å²) in [7, 11) is 0. The summed E-state index contributed by atoms with van der Waals surface area (Å²) in [6.07, 6.45) is 1.94. The van der Waals surface area contributed by atoms with E-state index in [-0.39, 0.29) is 5.41 Å². The minimum atomic E-state index is -0.167. The number of fused-ring (bicyclic) bond motifs is 5. The molecule has 4 heteroatoms. The van der Waals surface area contributed by atoms with Gasteiger partial charge in [0, 0.05) is 22.4 Å². The lowest BCUT2D eigenvalue weighted by Gasteiger charge is -2.23. The minimum absolute atomic E-state index is 0.167. The topological polar surface area (TPSA) is 43.9 Å². The van der Waals surface area contributed by atoms with E-state index in [1.165, 1.54) is 27.6 Å². The molecule has 7 rings (SSSR count). The first-order valence-corrected chi connectivity index (χ1v) is 15.0. The van der Waals surface area contributed by atoms with Crippen LogP contribution in [-0.4, -0.2) is 14.5 Å². The summed E-state index contributed by atoms with van der Waals surface area (Å²) >= 11 is 0. The largest absolute Gasteiger partial charge is 0.455 e. The molecule has 210 valence electrons. The van der Waals surface area contributed by atoms with Crippen molar-refractivity contribution in [2.45, 2.75) is 65.7 Å². The average Bonchev–Trinajstić information content (AvgIpc) is 3.52. The summed E-state index contributed by atoms with van der Waals surface area (Å²) in [4.78, 5) is 10.3. The number of furan rings is 1. The Morgan fingerprint density at radius 3 is 2.07 bits per heavy atom. The molecule has 0 atom stereocenters. The monoisotopic (exact) mass is 551 g/mol. The van der Waals surface area contributed by atoms with Crippen molar-refractivity contribution in [2.75, 3.05) is 0 Å². The number of rotatable bonds is 4. The fraction of sp³-hybridized carbons (Fsp3) is 0.263. The molecule has 0 fully saturated rings. The molecule has 0 N–H and O–H groups in total. The Labute approximate surface area is 247 Å². The van der Waals surface area contributed by atoms with E-state index in [9.17, 15) is 0 Å². The molecule has 4 aromatic carbocycles. The van der Waals surface area contributed by atoms with Crippen molar-refractivity contribution in [3.8, 4) is 17.1 Å². The van der Waals surface area contributed by atoms with Crippen molar-refractivity contribution in [1.82, 2.24) is 14.5 Å². The second kappa shape index (κ2) is 9.55. The first-order valence-electron chi connectivity index (χ1n) is 15.0. The van der Waals surface area contributed by atoms with Gasteiger partial charge in [0.15, 0.2) is 0 Å². The zero-order valence-electron chi connectivity index (χ0n) is 25.5. The van der Waals surface area contributed by atoms with E-state index in [1.807, 2.05) is 6.20 Å². The predicted molar refractivity (Wildman–Crippen MR) is 176 cm³/mol. The molecule has 0 spiro atoms. The normalized spacial score (nSPS) is 12.6. The van der Waals surface area contributed by atoms with Gasteiger partial charge in [-0.05, 0) is 58.0 Å². The fourth-order valence-electron chi connectivity index (χ4n) is 6.39. The van der Waals surface area contributed by atoms with Gasteiger partial charge in [0.05, 0.1) is 22.5 Å². The molecule has 0 bridgehead atoms. The molecule has 0 aliphatic rings. The van der Waals surface area contributed by atoms with E-state index in [4.69, 9.17) is 14.4 Å². The van der Waals surface area contributed by atoms with Crippen molar-refractivity contribution < 1.29 is 4.42 Å². The molecule has 7 aromatic rings. The zero-order valence-corrected chi connectivity index (χ0v) is 25.5. The van der Waals surface area contributed by atoms with Gasteiger partial charge >= 0.3 is 0 Å². The van der Waals surface area contributed by atoms with Gasteiger partial charge < -0.3 is 4.42 Å². The average molecular weight is 552 g/mol. The molecule has 4 nitrogen and oxygen atoms in total. The Bertz CT molecular complexity index is 2110. The molecule has 3 aromatic heterocycles. The van der Waals surface area contributed by atoms with Crippen LogP contribution in [0.25, 0.3) is 60.8 Å². The first kappa shape index (κ1) is 26.5. The summed E-state index contributed by atoms with van der Waals surface area (Å²) in [5.41, 5.74) is 9.39. The van der Waals surface area contributed by atoms with Crippen LogP contribution < -0.4 is 0 Å². The lowest BCUT2D eigenvalue weighted by atomic mass is 9.90. The van der Waals surface area contributed by atoms with Crippen LogP contribution in [0, 0.1) is 0 Å². The van der Waals surface area contributed by atoms with Crippen LogP contribution in [0.5, 0.6) is 0 Å². The standard InChI is InChI=1S/C38H37N3O/c1-22(2)26-14-10-15-27(23(3)4)34(26)41-31-18-19-39-36(38(5,6)7)33(31)40-37(41)29-17-11-16-28-30-20-24-12-8-9-13-25(24)21-32(30)42-35(28)29/h8-23H,1-7H3. The third kappa shape index (κ3) is 4.04. The Morgan fingerprint density at radius 1 is 0.738 bits per heavy atom. The molecule has 0 amide bonds. The van der Waals surface area contributed by atoms with Crippen LogP contribution in [0.4, 0.5) is 0 Å². The second-order valence-electron chi connectivity index (χ2n) is 13.1. The van der Waals surface area contributed by atoms with Gasteiger partial charge in [-0.1, -0.05) is 103 Å². The van der Waals surface area contributed by atoms with Crippen molar-refractivity contribution in [3.63, 3.8) is 0 Å². The molecule has 0 radical (unpaired) electrons. The van der Waals surface area contributed by atoms with E-state index in [2.05, 4.69) is 132 Å². The van der Waals surface area contributed by atoms with E-state index < -0.39 is 0 Å². The fourth-order valence-corrected chi connectivity index (χ4v) is 6.39. The van der Waals surface area contributed by atoms with Crippen molar-refractivity contribution in [1.29, 1.82) is 0 Å². The lowest BCUT2D eigenvalue weighted by molar-refractivity contribution is 0.574. The van der Waals surface area contributed by atoms with Gasteiger partial charge in [-0.3, -0.25) is 9.55 Å². The Morgan fingerprint density at radius 2 is 1.40 bits per heavy atom. The van der Waals surface area contributed by atoms with Crippen molar-refractivity contribution >= 4 is 43.7 Å². The predicted octanol–water partition coefficient (Wildman–Crippen LogP) is 10.7. The second-order valence-corrected chi connectivity index (χ2v) is 13.1. The van der Waals surface area contributed by atoms with E-state index in [1.54, 1.807) is 0 Å². The smallest absolute Gasteiger partial charge is 0.149 e. The molecule has 42 heavy (non-hydrogen) atoms. The maximum Gasteiger partial charge on any atom is 0.149 e. The third-order valence-corrected chi connectivity index (χ3v) is 8.46. The number of imidazole rings is 1. The van der Waals surface area contributed by atoms with Gasteiger partial charge in [0.25, 0.3) is 0 Å². The van der Waals surface area contributed by atoms with Crippen LogP contribution in [-0.2, 0) is 5.41 Å². The van der Waals surface area contributed by atoms with E-state index in [0.717, 1.165) is 50.1 Å². The molecule has 0 aliphatic carbocycles. The lowest BCUT2D eigenvalue weighted by Crippen LogP contribution is -2.14. The Balaban J connectivity index is 1.64. The molecule has 0 saturated heterocycles. The van der Waals surface area contributed by atoms with Crippen LogP contribution >= 0.6 is 0 Å².